The van der Waals surface area contributed by atoms with E-state index in [1.807, 2.05) is 0 Å². The van der Waals surface area contributed by atoms with Crippen LogP contribution in [0.4, 0.5) is 26.3 Å². The van der Waals surface area contributed by atoms with Crippen LogP contribution < -0.4 is 5.73 Å². The summed E-state index contributed by atoms with van der Waals surface area (Å²) in [5.41, 5.74) is 5.58. The number of carbonyl (C=O) groups is 2. The molecule has 0 aliphatic carbocycles. The summed E-state index contributed by atoms with van der Waals surface area (Å²) in [5.74, 6) is -7.62. The first-order valence-electron chi connectivity index (χ1n) is 9.29. The van der Waals surface area contributed by atoms with Gasteiger partial charge in [-0.05, 0) is 18.1 Å². The zero-order valence-electron chi connectivity index (χ0n) is 16.2. The number of hydrogen-bond donors (Lipinski definition) is 2. The van der Waals surface area contributed by atoms with Crippen molar-refractivity contribution >= 4 is 11.9 Å². The normalized spacial score (nSPS) is 17.2. The molecule has 1 aliphatic rings. The van der Waals surface area contributed by atoms with Crippen molar-refractivity contribution in [2.75, 3.05) is 6.54 Å². The lowest BCUT2D eigenvalue weighted by atomic mass is 10.0. The fraction of sp³-hybridized carbons (Fsp3) is 0.444. The van der Waals surface area contributed by atoms with Crippen LogP contribution in [0.25, 0.3) is 0 Å². The van der Waals surface area contributed by atoms with Crippen LogP contribution in [0.2, 0.25) is 0 Å². The van der Waals surface area contributed by atoms with E-state index in [1.165, 1.54) is 0 Å². The van der Waals surface area contributed by atoms with Gasteiger partial charge < -0.3 is 15.7 Å². The summed E-state index contributed by atoms with van der Waals surface area (Å²) in [6.45, 7) is -0.315. The summed E-state index contributed by atoms with van der Waals surface area (Å²) < 4.78 is 80.0. The minimum absolute atomic E-state index is 0.156. The van der Waals surface area contributed by atoms with Gasteiger partial charge in [-0.3, -0.25) is 9.59 Å². The Balaban J connectivity index is 1.78. The maximum absolute atomic E-state index is 13.8. The predicted octanol–water partition coefficient (Wildman–Crippen LogP) is 2.03. The van der Waals surface area contributed by atoms with Gasteiger partial charge in [0.2, 0.25) is 5.91 Å². The molecule has 0 fully saturated rings. The molecule has 8 nitrogen and oxygen atoms in total. The molecule has 1 aliphatic heterocycles. The van der Waals surface area contributed by atoms with Gasteiger partial charge in [-0.1, -0.05) is 0 Å². The van der Waals surface area contributed by atoms with Crippen LogP contribution in [-0.4, -0.2) is 49.2 Å². The number of halogens is 6. The summed E-state index contributed by atoms with van der Waals surface area (Å²) >= 11 is 0. The zero-order valence-corrected chi connectivity index (χ0v) is 16.2. The maximum Gasteiger partial charge on any atom is 0.453 e. The van der Waals surface area contributed by atoms with Crippen LogP contribution in [0, 0.1) is 17.5 Å². The molecule has 32 heavy (non-hydrogen) atoms. The third kappa shape index (κ3) is 5.00. The highest BCUT2D eigenvalue weighted by molar-refractivity contribution is 5.78. The molecule has 2 atom stereocenters. The van der Waals surface area contributed by atoms with Crippen molar-refractivity contribution in [3.05, 3.63) is 46.8 Å². The first kappa shape index (κ1) is 23.5. The van der Waals surface area contributed by atoms with Gasteiger partial charge in [-0.25, -0.2) is 22.8 Å². The molecule has 3 N–H and O–H groups in total. The molecule has 1 amide bonds. The smallest absolute Gasteiger partial charge is 0.453 e. The number of benzene rings is 1. The van der Waals surface area contributed by atoms with E-state index < -0.39 is 66.3 Å². The highest BCUT2D eigenvalue weighted by Gasteiger charge is 2.41. The van der Waals surface area contributed by atoms with Gasteiger partial charge >= 0.3 is 12.1 Å². The Labute approximate surface area is 176 Å². The molecule has 1 aromatic heterocycles. The molecule has 1 aromatic carbocycles. The fourth-order valence-electron chi connectivity index (χ4n) is 3.46. The van der Waals surface area contributed by atoms with E-state index in [-0.39, 0.29) is 30.9 Å². The summed E-state index contributed by atoms with van der Waals surface area (Å²) in [5, 5.41) is 12.5. The van der Waals surface area contributed by atoms with E-state index in [9.17, 15) is 35.9 Å². The van der Waals surface area contributed by atoms with Gasteiger partial charge in [0.25, 0.3) is 5.82 Å². The lowest BCUT2D eigenvalue weighted by molar-refractivity contribution is -0.145. The van der Waals surface area contributed by atoms with Crippen LogP contribution >= 0.6 is 0 Å². The Bertz CT molecular complexity index is 1040. The molecule has 0 bridgehead atoms. The molecular weight excluding hydrogens is 448 g/mol. The van der Waals surface area contributed by atoms with Crippen LogP contribution in [0.1, 0.15) is 36.1 Å². The molecule has 0 spiro atoms. The topological polar surface area (TPSA) is 114 Å². The molecule has 14 heteroatoms. The predicted molar refractivity (Wildman–Crippen MR) is 94.3 cm³/mol. The number of rotatable bonds is 6. The third-order valence-corrected chi connectivity index (χ3v) is 4.88. The molecule has 0 saturated carbocycles. The van der Waals surface area contributed by atoms with E-state index in [2.05, 4.69) is 10.1 Å². The van der Waals surface area contributed by atoms with E-state index in [0.29, 0.717) is 12.1 Å². The number of carbonyl (C=O) groups excluding carboxylic acids is 1. The first-order chi connectivity index (χ1) is 14.9. The lowest BCUT2D eigenvalue weighted by Crippen LogP contribution is -2.45. The van der Waals surface area contributed by atoms with E-state index in [4.69, 9.17) is 10.8 Å². The summed E-state index contributed by atoms with van der Waals surface area (Å²) in [4.78, 5) is 28.4. The first-order valence-corrected chi connectivity index (χ1v) is 9.29. The second kappa shape index (κ2) is 8.76. The van der Waals surface area contributed by atoms with Gasteiger partial charge in [0.05, 0.1) is 13.0 Å². The number of amides is 1. The maximum atomic E-state index is 13.8. The molecular formula is C18H17F6N5O3. The largest absolute Gasteiger partial charge is 0.481 e. The van der Waals surface area contributed by atoms with Crippen LogP contribution in [-0.2, 0) is 28.7 Å². The number of fused-ring (bicyclic) bond motifs is 1. The number of aromatic nitrogens is 3. The van der Waals surface area contributed by atoms with Crippen molar-refractivity contribution in [2.45, 2.75) is 44.1 Å². The minimum Gasteiger partial charge on any atom is -0.481 e. The molecule has 2 heterocycles. The Hall–Kier alpha value is -3.16. The van der Waals surface area contributed by atoms with Gasteiger partial charge in [-0.2, -0.15) is 13.2 Å². The molecule has 174 valence electrons. The van der Waals surface area contributed by atoms with Crippen molar-refractivity contribution in [1.82, 2.24) is 19.7 Å². The highest BCUT2D eigenvalue weighted by atomic mass is 19.4. The molecule has 0 saturated heterocycles. The lowest BCUT2D eigenvalue weighted by Gasteiger charge is -2.35. The number of nitrogens with zero attached hydrogens (tertiary/aromatic N) is 4. The minimum atomic E-state index is -4.86. The van der Waals surface area contributed by atoms with Gasteiger partial charge in [0.1, 0.15) is 11.9 Å². The number of carboxylic acid groups (broad SMARTS) is 1. The van der Waals surface area contributed by atoms with Crippen molar-refractivity contribution in [3.8, 4) is 0 Å². The van der Waals surface area contributed by atoms with Crippen LogP contribution in [0.5, 0.6) is 0 Å². The third-order valence-electron chi connectivity index (χ3n) is 4.88. The molecule has 2 aromatic rings. The SMILES string of the molecule is N[C@@H](CC(=O)N1CCn2nc(C(F)(F)F)nc2C1CC(=O)O)Cc1cc(F)c(F)cc1F. The standard InChI is InChI=1S/C18H17F6N5O3/c19-10-6-12(21)11(20)4-8(10)3-9(25)5-14(30)28-1-2-29-16(13(28)7-15(31)32)26-17(27-29)18(22,23)24/h4,6,9,13H,1-3,5,7,25H2,(H,31,32)/t9-,13?/m1/s1. The van der Waals surface area contributed by atoms with E-state index in [1.54, 1.807) is 0 Å². The number of alkyl halides is 3. The Morgan fingerprint density at radius 2 is 1.81 bits per heavy atom. The van der Waals surface area contributed by atoms with Crippen molar-refractivity contribution < 1.29 is 41.0 Å². The average Bonchev–Trinajstić information content (AvgIpc) is 3.11. The number of hydrogen-bond acceptors (Lipinski definition) is 5. The van der Waals surface area contributed by atoms with Crippen molar-refractivity contribution in [1.29, 1.82) is 0 Å². The summed E-state index contributed by atoms with van der Waals surface area (Å²) in [7, 11) is 0. The Kier molecular flexibility index (Phi) is 6.44. The quantitative estimate of drug-likeness (QED) is 0.499. The Morgan fingerprint density at radius 3 is 2.44 bits per heavy atom. The highest BCUT2D eigenvalue weighted by Crippen LogP contribution is 2.32. The summed E-state index contributed by atoms with van der Waals surface area (Å²) in [6.07, 6.45) is -6.37. The number of carboxylic acids is 1. The molecule has 0 radical (unpaired) electrons. The van der Waals surface area contributed by atoms with Crippen LogP contribution in [0.3, 0.4) is 0 Å². The van der Waals surface area contributed by atoms with E-state index >= 15 is 0 Å². The molecule has 1 unspecified atom stereocenters. The van der Waals surface area contributed by atoms with Gasteiger partial charge in [0, 0.05) is 25.1 Å². The van der Waals surface area contributed by atoms with Crippen LogP contribution in [0.15, 0.2) is 12.1 Å². The number of nitrogens with two attached hydrogens (primary N) is 1. The second-order valence-electron chi connectivity index (χ2n) is 7.24. The van der Waals surface area contributed by atoms with E-state index in [0.717, 1.165) is 9.58 Å². The monoisotopic (exact) mass is 465 g/mol. The number of aliphatic carboxylic acids is 1. The van der Waals surface area contributed by atoms with Gasteiger partial charge in [0.15, 0.2) is 17.5 Å². The molecule has 3 rings (SSSR count). The fourth-order valence-corrected chi connectivity index (χ4v) is 3.46. The summed E-state index contributed by atoms with van der Waals surface area (Å²) in [6, 6.07) is -1.43. The average molecular weight is 465 g/mol. The van der Waals surface area contributed by atoms with Crippen molar-refractivity contribution in [2.24, 2.45) is 5.73 Å². The van der Waals surface area contributed by atoms with Gasteiger partial charge in [-0.15, -0.1) is 5.10 Å². The van der Waals surface area contributed by atoms with Crippen molar-refractivity contribution in [3.63, 3.8) is 0 Å². The zero-order chi connectivity index (χ0) is 23.8. The Morgan fingerprint density at radius 1 is 1.16 bits per heavy atom. The second-order valence-corrected chi connectivity index (χ2v) is 7.24.